The SMILES string of the molecule is Cc1coc2c(C)c3o/c(=N\O)c4c(c3cc12)CCCC4. The second kappa shape index (κ2) is 4.38. The van der Waals surface area contributed by atoms with Gasteiger partial charge < -0.3 is 14.0 Å². The van der Waals surface area contributed by atoms with Crippen LogP contribution in [0.4, 0.5) is 0 Å². The number of rotatable bonds is 0. The first kappa shape index (κ1) is 12.5. The van der Waals surface area contributed by atoms with Gasteiger partial charge in [0.05, 0.1) is 6.26 Å². The highest BCUT2D eigenvalue weighted by atomic mass is 16.5. The summed E-state index contributed by atoms with van der Waals surface area (Å²) in [7, 11) is 0. The number of furan rings is 1. The van der Waals surface area contributed by atoms with E-state index < -0.39 is 0 Å². The zero-order valence-electron chi connectivity index (χ0n) is 12.2. The smallest absolute Gasteiger partial charge is 0.259 e. The average molecular weight is 283 g/mol. The number of hydrogen-bond acceptors (Lipinski definition) is 4. The van der Waals surface area contributed by atoms with Crippen molar-refractivity contribution in [2.45, 2.75) is 39.5 Å². The molecule has 108 valence electrons. The third-order valence-electron chi connectivity index (χ3n) is 4.58. The lowest BCUT2D eigenvalue weighted by Gasteiger charge is -2.17. The van der Waals surface area contributed by atoms with Gasteiger partial charge in [0.2, 0.25) is 0 Å². The van der Waals surface area contributed by atoms with Gasteiger partial charge in [-0.15, -0.1) is 0 Å². The summed E-state index contributed by atoms with van der Waals surface area (Å²) < 4.78 is 11.5. The van der Waals surface area contributed by atoms with Crippen molar-refractivity contribution in [2.24, 2.45) is 5.16 Å². The first-order valence-corrected chi connectivity index (χ1v) is 7.34. The maximum atomic E-state index is 9.27. The van der Waals surface area contributed by atoms with E-state index in [0.29, 0.717) is 5.55 Å². The second-order valence-corrected chi connectivity index (χ2v) is 5.85. The minimum atomic E-state index is 0.350. The number of benzene rings is 1. The van der Waals surface area contributed by atoms with Crippen molar-refractivity contribution in [2.75, 3.05) is 0 Å². The predicted molar refractivity (Wildman–Crippen MR) is 79.5 cm³/mol. The lowest BCUT2D eigenvalue weighted by molar-refractivity contribution is 0.274. The first-order valence-electron chi connectivity index (χ1n) is 7.34. The predicted octanol–water partition coefficient (Wildman–Crippen LogP) is 3.96. The van der Waals surface area contributed by atoms with Crippen LogP contribution in [0.1, 0.15) is 35.1 Å². The first-order chi connectivity index (χ1) is 10.2. The largest absolute Gasteiger partial charge is 0.464 e. The Morgan fingerprint density at radius 2 is 1.81 bits per heavy atom. The molecule has 1 N–H and O–H groups in total. The van der Waals surface area contributed by atoms with Crippen LogP contribution in [-0.2, 0) is 12.8 Å². The fourth-order valence-electron chi connectivity index (χ4n) is 3.47. The zero-order chi connectivity index (χ0) is 14.6. The quantitative estimate of drug-likeness (QED) is 0.501. The summed E-state index contributed by atoms with van der Waals surface area (Å²) in [6.45, 7) is 4.05. The van der Waals surface area contributed by atoms with Crippen LogP contribution in [0.25, 0.3) is 21.9 Å². The Morgan fingerprint density at radius 1 is 1.05 bits per heavy atom. The van der Waals surface area contributed by atoms with E-state index in [0.717, 1.165) is 57.9 Å². The van der Waals surface area contributed by atoms with Crippen LogP contribution >= 0.6 is 0 Å². The molecule has 1 aromatic carbocycles. The molecule has 0 saturated carbocycles. The van der Waals surface area contributed by atoms with Crippen molar-refractivity contribution < 1.29 is 14.0 Å². The Morgan fingerprint density at radius 3 is 2.57 bits per heavy atom. The molecule has 0 fully saturated rings. The van der Waals surface area contributed by atoms with E-state index in [1.807, 2.05) is 6.92 Å². The molecular formula is C17H17NO3. The van der Waals surface area contributed by atoms with Crippen molar-refractivity contribution in [1.82, 2.24) is 0 Å². The molecule has 21 heavy (non-hydrogen) atoms. The standard InChI is InChI=1S/C17H17NO3/c1-9-8-20-15-10(2)16-14(7-13(9)15)11-5-3-4-6-12(11)17(18-19)21-16/h7-8,19H,3-6H2,1-2H3/b18-17-. The van der Waals surface area contributed by atoms with Crippen LogP contribution in [0.15, 0.2) is 26.3 Å². The molecule has 4 heteroatoms. The van der Waals surface area contributed by atoms with Gasteiger partial charge in [-0.25, -0.2) is 0 Å². The Balaban J connectivity index is 2.25. The Hall–Kier alpha value is -2.23. The van der Waals surface area contributed by atoms with Crippen LogP contribution in [0.3, 0.4) is 0 Å². The lowest BCUT2D eigenvalue weighted by atomic mass is 9.89. The molecule has 0 radical (unpaired) electrons. The Labute approximate surface area is 121 Å². The van der Waals surface area contributed by atoms with Gasteiger partial charge in [0.25, 0.3) is 5.55 Å². The maximum absolute atomic E-state index is 9.27. The fraction of sp³-hybridized carbons (Fsp3) is 0.353. The van der Waals surface area contributed by atoms with E-state index in [1.165, 1.54) is 12.0 Å². The molecule has 0 bridgehead atoms. The molecule has 0 spiro atoms. The lowest BCUT2D eigenvalue weighted by Crippen LogP contribution is -2.17. The Bertz CT molecular complexity index is 931. The summed E-state index contributed by atoms with van der Waals surface area (Å²) in [5.74, 6) is 0. The summed E-state index contributed by atoms with van der Waals surface area (Å²) in [6.07, 6.45) is 5.98. The molecule has 0 aliphatic heterocycles. The summed E-state index contributed by atoms with van der Waals surface area (Å²) in [6, 6.07) is 2.16. The molecule has 1 aliphatic carbocycles. The summed E-state index contributed by atoms with van der Waals surface area (Å²) in [4.78, 5) is 0. The second-order valence-electron chi connectivity index (χ2n) is 5.85. The molecule has 4 rings (SSSR count). The van der Waals surface area contributed by atoms with E-state index in [2.05, 4.69) is 18.1 Å². The maximum Gasteiger partial charge on any atom is 0.259 e. The van der Waals surface area contributed by atoms with Crippen molar-refractivity contribution >= 4 is 21.9 Å². The third-order valence-corrected chi connectivity index (χ3v) is 4.58. The molecular weight excluding hydrogens is 266 g/mol. The molecule has 0 saturated heterocycles. The molecule has 0 unspecified atom stereocenters. The van der Waals surface area contributed by atoms with Gasteiger partial charge in [0.1, 0.15) is 11.2 Å². The Kier molecular flexibility index (Phi) is 2.61. The van der Waals surface area contributed by atoms with Crippen LogP contribution in [0.2, 0.25) is 0 Å². The van der Waals surface area contributed by atoms with E-state index in [1.54, 1.807) is 6.26 Å². The van der Waals surface area contributed by atoms with Crippen molar-refractivity contribution in [1.29, 1.82) is 0 Å². The van der Waals surface area contributed by atoms with Crippen LogP contribution < -0.4 is 5.55 Å². The molecule has 1 aliphatic rings. The van der Waals surface area contributed by atoms with Gasteiger partial charge in [-0.2, -0.15) is 0 Å². The molecule has 0 atom stereocenters. The van der Waals surface area contributed by atoms with Gasteiger partial charge >= 0.3 is 0 Å². The third kappa shape index (κ3) is 1.65. The van der Waals surface area contributed by atoms with Crippen molar-refractivity contribution in [3.05, 3.63) is 40.1 Å². The number of fused-ring (bicyclic) bond motifs is 4. The average Bonchev–Trinajstić information content (AvgIpc) is 2.89. The highest BCUT2D eigenvalue weighted by molar-refractivity contribution is 5.99. The summed E-state index contributed by atoms with van der Waals surface area (Å²) in [5.41, 5.74) is 6.39. The number of aryl methyl sites for hydroxylation is 3. The minimum absolute atomic E-state index is 0.350. The molecule has 2 heterocycles. The summed E-state index contributed by atoms with van der Waals surface area (Å²) >= 11 is 0. The topological polar surface area (TPSA) is 58.9 Å². The highest BCUT2D eigenvalue weighted by Gasteiger charge is 2.20. The molecule has 0 amide bonds. The van der Waals surface area contributed by atoms with E-state index >= 15 is 0 Å². The minimum Gasteiger partial charge on any atom is -0.464 e. The van der Waals surface area contributed by atoms with Crippen LogP contribution in [-0.4, -0.2) is 5.21 Å². The van der Waals surface area contributed by atoms with Crippen LogP contribution in [0, 0.1) is 13.8 Å². The van der Waals surface area contributed by atoms with Crippen LogP contribution in [0.5, 0.6) is 0 Å². The number of nitrogens with zero attached hydrogens (tertiary/aromatic N) is 1. The van der Waals surface area contributed by atoms with E-state index in [-0.39, 0.29) is 0 Å². The highest BCUT2D eigenvalue weighted by Crippen LogP contribution is 2.34. The van der Waals surface area contributed by atoms with E-state index in [9.17, 15) is 5.21 Å². The number of hydrogen-bond donors (Lipinski definition) is 1. The summed E-state index contributed by atoms with van der Waals surface area (Å²) in [5, 5.41) is 14.9. The van der Waals surface area contributed by atoms with Gasteiger partial charge in [-0.05, 0) is 61.9 Å². The molecule has 3 aromatic rings. The zero-order valence-corrected chi connectivity index (χ0v) is 12.2. The molecule has 2 aromatic heterocycles. The van der Waals surface area contributed by atoms with Gasteiger partial charge in [-0.1, -0.05) is 0 Å². The van der Waals surface area contributed by atoms with E-state index in [4.69, 9.17) is 8.83 Å². The van der Waals surface area contributed by atoms with Gasteiger partial charge in [0, 0.05) is 21.9 Å². The van der Waals surface area contributed by atoms with Gasteiger partial charge in [-0.3, -0.25) is 0 Å². The van der Waals surface area contributed by atoms with Gasteiger partial charge in [0.15, 0.2) is 0 Å². The van der Waals surface area contributed by atoms with Crippen molar-refractivity contribution in [3.8, 4) is 0 Å². The molecule has 4 nitrogen and oxygen atoms in total. The van der Waals surface area contributed by atoms with Crippen molar-refractivity contribution in [3.63, 3.8) is 0 Å². The monoisotopic (exact) mass is 283 g/mol. The fourth-order valence-corrected chi connectivity index (χ4v) is 3.47. The normalized spacial score (nSPS) is 15.8.